The number of aryl methyl sites for hydroxylation is 1. The van der Waals surface area contributed by atoms with Crippen molar-refractivity contribution in [1.82, 2.24) is 15.1 Å². The molecule has 0 saturated heterocycles. The first kappa shape index (κ1) is 25.3. The standard InChI is InChI=1S/C27H39N3O2S/c1-4-21(2)17-30(27(32)28-24-13-9-6-10-14-24)20-26(31)29(18-23-11-7-5-8-12-23)19-25-16-15-22(3)33-25/h5,7-8,11-12,15-16,21,24H,4,6,9-10,13-14,17-20H2,1-3H3,(H,28,32). The van der Waals surface area contributed by atoms with Gasteiger partial charge in [0.1, 0.15) is 6.54 Å². The number of carbonyl (C=O) groups excluding carboxylic acids is 2. The maximum atomic E-state index is 13.5. The van der Waals surface area contributed by atoms with Gasteiger partial charge in [0.15, 0.2) is 0 Å². The van der Waals surface area contributed by atoms with Crippen molar-refractivity contribution in [3.63, 3.8) is 0 Å². The smallest absolute Gasteiger partial charge is 0.318 e. The Hall–Kier alpha value is -2.34. The van der Waals surface area contributed by atoms with E-state index in [1.165, 1.54) is 24.1 Å². The third-order valence-corrected chi connectivity index (χ3v) is 7.47. The van der Waals surface area contributed by atoms with Crippen LogP contribution in [0.4, 0.5) is 4.79 Å². The second kappa shape index (κ2) is 12.8. The van der Waals surface area contributed by atoms with Gasteiger partial charge < -0.3 is 15.1 Å². The maximum Gasteiger partial charge on any atom is 0.318 e. The lowest BCUT2D eigenvalue weighted by molar-refractivity contribution is -0.133. The number of amides is 3. The Bertz CT molecular complexity index is 877. The molecule has 1 fully saturated rings. The van der Waals surface area contributed by atoms with Gasteiger partial charge in [-0.25, -0.2) is 4.79 Å². The van der Waals surface area contributed by atoms with Crippen LogP contribution < -0.4 is 5.32 Å². The highest BCUT2D eigenvalue weighted by Gasteiger charge is 2.25. The SMILES string of the molecule is CCC(C)CN(CC(=O)N(Cc1ccccc1)Cc1ccc(C)s1)C(=O)NC1CCCCC1. The summed E-state index contributed by atoms with van der Waals surface area (Å²) in [6, 6.07) is 14.4. The average Bonchev–Trinajstić information content (AvgIpc) is 3.23. The van der Waals surface area contributed by atoms with Crippen LogP contribution in [0.25, 0.3) is 0 Å². The third-order valence-electron chi connectivity index (χ3n) is 6.49. The first-order chi connectivity index (χ1) is 15.9. The van der Waals surface area contributed by atoms with Gasteiger partial charge >= 0.3 is 6.03 Å². The van der Waals surface area contributed by atoms with E-state index in [-0.39, 0.29) is 24.5 Å². The lowest BCUT2D eigenvalue weighted by atomic mass is 9.96. The van der Waals surface area contributed by atoms with Crippen LogP contribution in [0.1, 0.15) is 67.7 Å². The number of nitrogens with zero attached hydrogens (tertiary/aromatic N) is 2. The van der Waals surface area contributed by atoms with Crippen LogP contribution in [0.3, 0.4) is 0 Å². The van der Waals surface area contributed by atoms with Crippen LogP contribution in [0, 0.1) is 12.8 Å². The van der Waals surface area contributed by atoms with E-state index in [0.29, 0.717) is 25.6 Å². The summed E-state index contributed by atoms with van der Waals surface area (Å²) in [4.78, 5) is 32.8. The Balaban J connectivity index is 1.72. The van der Waals surface area contributed by atoms with Crippen molar-refractivity contribution in [2.75, 3.05) is 13.1 Å². The number of hydrogen-bond donors (Lipinski definition) is 1. The summed E-state index contributed by atoms with van der Waals surface area (Å²) < 4.78 is 0. The molecule has 1 heterocycles. The van der Waals surface area contributed by atoms with E-state index in [1.807, 2.05) is 35.2 Å². The fourth-order valence-electron chi connectivity index (χ4n) is 4.29. The molecule has 1 atom stereocenters. The molecule has 1 aliphatic carbocycles. The lowest BCUT2D eigenvalue weighted by Gasteiger charge is -2.31. The number of thiophene rings is 1. The second-order valence-electron chi connectivity index (χ2n) is 9.43. The first-order valence-corrected chi connectivity index (χ1v) is 13.2. The molecular weight excluding hydrogens is 430 g/mol. The van der Waals surface area contributed by atoms with Crippen molar-refractivity contribution in [3.05, 3.63) is 57.8 Å². The molecule has 2 aromatic rings. The first-order valence-electron chi connectivity index (χ1n) is 12.4. The topological polar surface area (TPSA) is 52.7 Å². The van der Waals surface area contributed by atoms with Gasteiger partial charge in [0.05, 0.1) is 6.54 Å². The molecule has 3 rings (SSSR count). The molecule has 0 aliphatic heterocycles. The van der Waals surface area contributed by atoms with Gasteiger partial charge in [-0.2, -0.15) is 0 Å². The number of nitrogens with one attached hydrogen (secondary N) is 1. The van der Waals surface area contributed by atoms with Crippen LogP contribution in [0.15, 0.2) is 42.5 Å². The molecule has 5 nitrogen and oxygen atoms in total. The fourth-order valence-corrected chi connectivity index (χ4v) is 5.20. The molecule has 0 spiro atoms. The van der Waals surface area contributed by atoms with Gasteiger partial charge in [-0.05, 0) is 43.4 Å². The van der Waals surface area contributed by atoms with Gasteiger partial charge in [0, 0.05) is 28.9 Å². The molecule has 1 N–H and O–H groups in total. The number of carbonyl (C=O) groups is 2. The fraction of sp³-hybridized carbons (Fsp3) is 0.556. The largest absolute Gasteiger partial charge is 0.335 e. The zero-order valence-corrected chi connectivity index (χ0v) is 21.2. The van der Waals surface area contributed by atoms with Crippen molar-refractivity contribution < 1.29 is 9.59 Å². The van der Waals surface area contributed by atoms with E-state index in [9.17, 15) is 9.59 Å². The minimum absolute atomic E-state index is 0.00740. The van der Waals surface area contributed by atoms with E-state index < -0.39 is 0 Å². The molecule has 1 aliphatic rings. The molecule has 6 heteroatoms. The van der Waals surface area contributed by atoms with Crippen molar-refractivity contribution in [3.8, 4) is 0 Å². The van der Waals surface area contributed by atoms with Gasteiger partial charge in [-0.15, -0.1) is 11.3 Å². The number of urea groups is 1. The van der Waals surface area contributed by atoms with E-state index >= 15 is 0 Å². The van der Waals surface area contributed by atoms with Crippen molar-refractivity contribution >= 4 is 23.3 Å². The van der Waals surface area contributed by atoms with E-state index in [2.05, 4.69) is 38.2 Å². The van der Waals surface area contributed by atoms with Crippen LogP contribution in [-0.2, 0) is 17.9 Å². The molecule has 1 aromatic heterocycles. The zero-order valence-electron chi connectivity index (χ0n) is 20.4. The molecule has 0 bridgehead atoms. The molecule has 1 unspecified atom stereocenters. The predicted molar refractivity (Wildman–Crippen MR) is 136 cm³/mol. The molecule has 180 valence electrons. The highest BCUT2D eigenvalue weighted by atomic mass is 32.1. The summed E-state index contributed by atoms with van der Waals surface area (Å²) >= 11 is 1.72. The highest BCUT2D eigenvalue weighted by Crippen LogP contribution is 2.20. The van der Waals surface area contributed by atoms with Crippen molar-refractivity contribution in [2.24, 2.45) is 5.92 Å². The van der Waals surface area contributed by atoms with Crippen LogP contribution in [0.2, 0.25) is 0 Å². The Morgan fingerprint density at radius 2 is 1.76 bits per heavy atom. The Kier molecular flexibility index (Phi) is 9.79. The van der Waals surface area contributed by atoms with Gasteiger partial charge in [0.2, 0.25) is 5.91 Å². The molecular formula is C27H39N3O2S. The molecule has 1 saturated carbocycles. The van der Waals surface area contributed by atoms with Gasteiger partial charge in [-0.3, -0.25) is 4.79 Å². The minimum atomic E-state index is -0.0952. The monoisotopic (exact) mass is 469 g/mol. The maximum absolute atomic E-state index is 13.5. The van der Waals surface area contributed by atoms with E-state index in [1.54, 1.807) is 16.2 Å². The Labute approximate surface area is 203 Å². The molecule has 1 aromatic carbocycles. The highest BCUT2D eigenvalue weighted by molar-refractivity contribution is 7.11. The summed E-state index contributed by atoms with van der Waals surface area (Å²) in [7, 11) is 0. The summed E-state index contributed by atoms with van der Waals surface area (Å²) in [5.41, 5.74) is 1.10. The summed E-state index contributed by atoms with van der Waals surface area (Å²) in [5.74, 6) is 0.337. The molecule has 0 radical (unpaired) electrons. The minimum Gasteiger partial charge on any atom is -0.335 e. The number of hydrogen-bond acceptors (Lipinski definition) is 3. The summed E-state index contributed by atoms with van der Waals surface area (Å²) in [6.45, 7) is 8.16. The van der Waals surface area contributed by atoms with E-state index in [0.717, 1.165) is 29.7 Å². The summed E-state index contributed by atoms with van der Waals surface area (Å²) in [6.07, 6.45) is 6.63. The van der Waals surface area contributed by atoms with Crippen LogP contribution in [0.5, 0.6) is 0 Å². The van der Waals surface area contributed by atoms with Crippen molar-refractivity contribution in [2.45, 2.75) is 78.4 Å². The lowest BCUT2D eigenvalue weighted by Crippen LogP contribution is -2.50. The third kappa shape index (κ3) is 8.18. The average molecular weight is 470 g/mol. The quantitative estimate of drug-likeness (QED) is 0.466. The van der Waals surface area contributed by atoms with Gasteiger partial charge in [-0.1, -0.05) is 69.9 Å². The molecule has 3 amide bonds. The van der Waals surface area contributed by atoms with Crippen LogP contribution >= 0.6 is 11.3 Å². The Morgan fingerprint density at radius 1 is 1.03 bits per heavy atom. The number of benzene rings is 1. The second-order valence-corrected chi connectivity index (χ2v) is 10.8. The van der Waals surface area contributed by atoms with Gasteiger partial charge in [0.25, 0.3) is 0 Å². The van der Waals surface area contributed by atoms with Crippen LogP contribution in [-0.4, -0.2) is 40.9 Å². The predicted octanol–water partition coefficient (Wildman–Crippen LogP) is 5.98. The number of rotatable bonds is 10. The Morgan fingerprint density at radius 3 is 2.39 bits per heavy atom. The van der Waals surface area contributed by atoms with E-state index in [4.69, 9.17) is 0 Å². The summed E-state index contributed by atoms with van der Waals surface area (Å²) in [5, 5.41) is 3.21. The zero-order chi connectivity index (χ0) is 23.6. The normalized spacial score (nSPS) is 15.1. The molecule has 33 heavy (non-hydrogen) atoms. The van der Waals surface area contributed by atoms with Crippen molar-refractivity contribution in [1.29, 1.82) is 0 Å².